The Morgan fingerprint density at radius 3 is 2.67 bits per heavy atom. The molecule has 1 aliphatic carbocycles. The molecule has 4 heterocycles. The van der Waals surface area contributed by atoms with Crippen molar-refractivity contribution in [3.05, 3.63) is 65.6 Å². The van der Waals surface area contributed by atoms with Gasteiger partial charge in [-0.2, -0.15) is 10.4 Å². The van der Waals surface area contributed by atoms with Gasteiger partial charge in [-0.05, 0) is 61.9 Å². The maximum Gasteiger partial charge on any atom is 0.264 e. The summed E-state index contributed by atoms with van der Waals surface area (Å²) in [6.07, 6.45) is 8.56. The number of hydrogen-bond acceptors (Lipinski definition) is 8. The number of carbonyl (C=O) groups excluding carboxylic acids is 1. The zero-order valence-electron chi connectivity index (χ0n) is 21.0. The summed E-state index contributed by atoms with van der Waals surface area (Å²) in [5.74, 6) is 1.47. The molecule has 196 valence electrons. The standard InChI is InChI=1S/C28H25ClN8O2/c29-20-6-8-22(9-7-20)39-23-10-5-18(14-32-23)25-24-26(31)33-16-34-27(24)37(35-25)21-2-1-11-36(15-21)28(38)19(13-30)12-17-3-4-17/h5-10,12,14,16-17,21H,1-4,11,15H2,(H2,31,33,34)/t21-/m1/s1. The molecular weight excluding hydrogens is 516 g/mol. The van der Waals surface area contributed by atoms with Crippen LogP contribution in [0, 0.1) is 17.2 Å². The molecule has 1 saturated carbocycles. The van der Waals surface area contributed by atoms with Gasteiger partial charge in [0.05, 0.1) is 11.4 Å². The van der Waals surface area contributed by atoms with Gasteiger partial charge in [0.25, 0.3) is 5.91 Å². The quantitative estimate of drug-likeness (QED) is 0.268. The number of hydrogen-bond donors (Lipinski definition) is 1. The minimum atomic E-state index is -0.222. The van der Waals surface area contributed by atoms with Crippen molar-refractivity contribution in [3.8, 4) is 29.0 Å². The number of allylic oxidation sites excluding steroid dienone is 1. The predicted molar refractivity (Wildman–Crippen MR) is 146 cm³/mol. The van der Waals surface area contributed by atoms with Crippen molar-refractivity contribution in [2.24, 2.45) is 5.92 Å². The van der Waals surface area contributed by atoms with Crippen LogP contribution < -0.4 is 10.5 Å². The number of piperidine rings is 1. The van der Waals surface area contributed by atoms with Crippen LogP contribution >= 0.6 is 11.6 Å². The van der Waals surface area contributed by atoms with Gasteiger partial charge in [0.15, 0.2) is 5.65 Å². The molecule has 1 atom stereocenters. The molecule has 1 amide bonds. The van der Waals surface area contributed by atoms with E-state index in [-0.39, 0.29) is 17.5 Å². The number of anilines is 1. The number of pyridine rings is 1. The summed E-state index contributed by atoms with van der Waals surface area (Å²) in [6.45, 7) is 1.02. The second-order valence-electron chi connectivity index (χ2n) is 9.77. The van der Waals surface area contributed by atoms with Gasteiger partial charge in [0.1, 0.15) is 35.2 Å². The lowest BCUT2D eigenvalue weighted by atomic mass is 10.0. The maximum atomic E-state index is 13.1. The summed E-state index contributed by atoms with van der Waals surface area (Å²) >= 11 is 5.95. The van der Waals surface area contributed by atoms with Crippen LogP contribution in [0.2, 0.25) is 5.02 Å². The Labute approximate surface area is 229 Å². The maximum absolute atomic E-state index is 13.1. The number of nitrogen functional groups attached to an aromatic ring is 1. The molecule has 0 unspecified atom stereocenters. The number of benzene rings is 1. The molecule has 10 nitrogen and oxygen atoms in total. The third-order valence-corrected chi connectivity index (χ3v) is 7.22. The topological polar surface area (TPSA) is 136 Å². The van der Waals surface area contributed by atoms with Crippen molar-refractivity contribution >= 4 is 34.4 Å². The van der Waals surface area contributed by atoms with E-state index in [0.29, 0.717) is 58.2 Å². The fraction of sp³-hybridized carbons (Fsp3) is 0.286. The van der Waals surface area contributed by atoms with Crippen LogP contribution in [0.3, 0.4) is 0 Å². The van der Waals surface area contributed by atoms with E-state index in [1.807, 2.05) is 16.8 Å². The van der Waals surface area contributed by atoms with Gasteiger partial charge in [-0.15, -0.1) is 0 Å². The highest BCUT2D eigenvalue weighted by Crippen LogP contribution is 2.35. The molecule has 1 aromatic carbocycles. The lowest BCUT2D eigenvalue weighted by Crippen LogP contribution is -2.41. The molecule has 1 saturated heterocycles. The number of ether oxygens (including phenoxy) is 1. The monoisotopic (exact) mass is 540 g/mol. The van der Waals surface area contributed by atoms with Gasteiger partial charge in [0.2, 0.25) is 5.88 Å². The molecule has 0 radical (unpaired) electrons. The van der Waals surface area contributed by atoms with E-state index < -0.39 is 0 Å². The van der Waals surface area contributed by atoms with Crippen molar-refractivity contribution in [1.82, 2.24) is 29.6 Å². The van der Waals surface area contributed by atoms with Crippen molar-refractivity contribution in [3.63, 3.8) is 0 Å². The molecule has 2 N–H and O–H groups in total. The highest BCUT2D eigenvalue weighted by atomic mass is 35.5. The molecule has 1 aliphatic heterocycles. The molecule has 0 spiro atoms. The van der Waals surface area contributed by atoms with Crippen LogP contribution in [0.4, 0.5) is 5.82 Å². The van der Waals surface area contributed by atoms with E-state index in [2.05, 4.69) is 21.0 Å². The van der Waals surface area contributed by atoms with E-state index in [1.54, 1.807) is 41.4 Å². The molecule has 3 aromatic heterocycles. The molecule has 2 fully saturated rings. The van der Waals surface area contributed by atoms with Crippen LogP contribution in [0.5, 0.6) is 11.6 Å². The van der Waals surface area contributed by atoms with Gasteiger partial charge in [-0.3, -0.25) is 4.79 Å². The fourth-order valence-corrected chi connectivity index (χ4v) is 4.95. The number of halogens is 1. The Kier molecular flexibility index (Phi) is 6.59. The smallest absolute Gasteiger partial charge is 0.264 e. The lowest BCUT2D eigenvalue weighted by Gasteiger charge is -2.32. The van der Waals surface area contributed by atoms with Crippen LogP contribution in [0.1, 0.15) is 31.7 Å². The number of rotatable bonds is 6. The molecule has 0 bridgehead atoms. The summed E-state index contributed by atoms with van der Waals surface area (Å²) in [4.78, 5) is 28.0. The summed E-state index contributed by atoms with van der Waals surface area (Å²) < 4.78 is 7.65. The number of nitrogens with two attached hydrogens (primary N) is 1. The normalized spacial score (nSPS) is 17.7. The van der Waals surface area contributed by atoms with Gasteiger partial charge in [0, 0.05) is 35.9 Å². The van der Waals surface area contributed by atoms with Crippen LogP contribution in [0.25, 0.3) is 22.3 Å². The third-order valence-electron chi connectivity index (χ3n) is 6.97. The predicted octanol–water partition coefficient (Wildman–Crippen LogP) is 4.94. The number of fused-ring (bicyclic) bond motifs is 1. The Morgan fingerprint density at radius 1 is 1.13 bits per heavy atom. The minimum Gasteiger partial charge on any atom is -0.439 e. The van der Waals surface area contributed by atoms with Crippen LogP contribution in [-0.4, -0.2) is 48.6 Å². The van der Waals surface area contributed by atoms with E-state index >= 15 is 0 Å². The second-order valence-corrected chi connectivity index (χ2v) is 10.2. The summed E-state index contributed by atoms with van der Waals surface area (Å²) in [6, 6.07) is 12.6. The van der Waals surface area contributed by atoms with Gasteiger partial charge in [-0.25, -0.2) is 19.6 Å². The molecule has 39 heavy (non-hydrogen) atoms. The first-order valence-corrected chi connectivity index (χ1v) is 13.2. The van der Waals surface area contributed by atoms with Crippen LogP contribution in [-0.2, 0) is 4.79 Å². The highest BCUT2D eigenvalue weighted by Gasteiger charge is 2.31. The molecular formula is C28H25ClN8O2. The number of nitrogens with zero attached hydrogens (tertiary/aromatic N) is 7. The SMILES string of the molecule is N#CC(=CC1CC1)C(=O)N1CCC[C@@H](n2nc(-c3ccc(Oc4ccc(Cl)cc4)nc3)c3c(N)ncnc32)C1. The average molecular weight is 541 g/mol. The first kappa shape index (κ1) is 24.8. The Morgan fingerprint density at radius 2 is 1.95 bits per heavy atom. The number of nitriles is 1. The third kappa shape index (κ3) is 5.13. The van der Waals surface area contributed by atoms with E-state index in [4.69, 9.17) is 27.2 Å². The Hall–Kier alpha value is -4.49. The zero-order valence-corrected chi connectivity index (χ0v) is 21.8. The van der Waals surface area contributed by atoms with Gasteiger partial charge < -0.3 is 15.4 Å². The van der Waals surface area contributed by atoms with Crippen molar-refractivity contribution in [1.29, 1.82) is 5.26 Å². The highest BCUT2D eigenvalue weighted by molar-refractivity contribution is 6.30. The van der Waals surface area contributed by atoms with E-state index in [9.17, 15) is 10.1 Å². The second kappa shape index (κ2) is 10.3. The minimum absolute atomic E-state index is 0.130. The Balaban J connectivity index is 1.29. The van der Waals surface area contributed by atoms with Crippen molar-refractivity contribution < 1.29 is 9.53 Å². The van der Waals surface area contributed by atoms with Gasteiger partial charge in [-0.1, -0.05) is 17.7 Å². The number of amides is 1. The average Bonchev–Trinajstić information content (AvgIpc) is 3.70. The van der Waals surface area contributed by atoms with Crippen LogP contribution in [0.15, 0.2) is 60.6 Å². The molecule has 4 aromatic rings. The molecule has 2 aliphatic rings. The van der Waals surface area contributed by atoms with Crippen molar-refractivity contribution in [2.75, 3.05) is 18.8 Å². The lowest BCUT2D eigenvalue weighted by molar-refractivity contribution is -0.128. The van der Waals surface area contributed by atoms with Gasteiger partial charge >= 0.3 is 0 Å². The number of carbonyl (C=O) groups is 1. The Bertz CT molecular complexity index is 1600. The first-order chi connectivity index (χ1) is 19.0. The van der Waals surface area contributed by atoms with Crippen molar-refractivity contribution in [2.45, 2.75) is 31.7 Å². The zero-order chi connectivity index (χ0) is 26.9. The summed E-state index contributed by atoms with van der Waals surface area (Å²) in [7, 11) is 0. The molecule has 11 heteroatoms. The fourth-order valence-electron chi connectivity index (χ4n) is 4.82. The number of likely N-dealkylation sites (tertiary alicyclic amines) is 1. The van der Waals surface area contributed by atoms with E-state index in [0.717, 1.165) is 31.2 Å². The largest absolute Gasteiger partial charge is 0.439 e. The summed E-state index contributed by atoms with van der Waals surface area (Å²) in [5, 5.41) is 15.7. The summed E-state index contributed by atoms with van der Waals surface area (Å²) in [5.41, 5.74) is 8.44. The first-order valence-electron chi connectivity index (χ1n) is 12.8. The molecule has 6 rings (SSSR count). The number of aromatic nitrogens is 5. The van der Waals surface area contributed by atoms with E-state index in [1.165, 1.54) is 6.33 Å².